The quantitative estimate of drug-likeness (QED) is 0.823. The molecule has 3 rings (SSSR count). The molecule has 0 saturated carbocycles. The number of benzene rings is 1. The first-order valence-corrected chi connectivity index (χ1v) is 9.87. The lowest BCUT2D eigenvalue weighted by Gasteiger charge is -2.25. The molecule has 5 nitrogen and oxygen atoms in total. The van der Waals surface area contributed by atoms with Gasteiger partial charge in [-0.05, 0) is 43.5 Å². The molecule has 1 N–H and O–H groups in total. The number of pyridine rings is 1. The van der Waals surface area contributed by atoms with Gasteiger partial charge in [0.05, 0.1) is 5.75 Å². The van der Waals surface area contributed by atoms with Crippen LogP contribution in [0.5, 0.6) is 0 Å². The number of carbonyl (C=O) groups excluding carboxylic acids is 2. The minimum absolute atomic E-state index is 0.00663. The van der Waals surface area contributed by atoms with Gasteiger partial charge in [0.2, 0.25) is 5.91 Å². The molecule has 1 aromatic heterocycles. The average Bonchev–Trinajstić information content (AvgIpc) is 2.93. The Morgan fingerprint density at radius 2 is 1.88 bits per heavy atom. The summed E-state index contributed by atoms with van der Waals surface area (Å²) in [5, 5.41) is 3.10. The lowest BCUT2D eigenvalue weighted by atomic mass is 10.1. The number of likely N-dealkylation sites (tertiary alicyclic amines) is 1. The Morgan fingerprint density at radius 1 is 1.12 bits per heavy atom. The summed E-state index contributed by atoms with van der Waals surface area (Å²) >= 11 is 1.53. The first kappa shape index (κ1) is 18.5. The molecule has 1 atom stereocenters. The zero-order valence-corrected chi connectivity index (χ0v) is 15.5. The van der Waals surface area contributed by atoms with Crippen LogP contribution in [0.3, 0.4) is 0 Å². The van der Waals surface area contributed by atoms with Gasteiger partial charge in [-0.1, -0.05) is 18.2 Å². The van der Waals surface area contributed by atoms with Crippen molar-refractivity contribution in [3.05, 3.63) is 60.4 Å². The maximum atomic E-state index is 12.7. The molecule has 0 radical (unpaired) electrons. The lowest BCUT2D eigenvalue weighted by Crippen LogP contribution is -2.45. The Kier molecular flexibility index (Phi) is 6.66. The van der Waals surface area contributed by atoms with E-state index >= 15 is 0 Å². The lowest BCUT2D eigenvalue weighted by molar-refractivity contribution is -0.119. The van der Waals surface area contributed by atoms with Gasteiger partial charge < -0.3 is 10.2 Å². The summed E-state index contributed by atoms with van der Waals surface area (Å²) in [5.74, 6) is 0.410. The molecule has 1 unspecified atom stereocenters. The van der Waals surface area contributed by atoms with Crippen molar-refractivity contribution < 1.29 is 9.59 Å². The normalized spacial score (nSPS) is 17.4. The number of rotatable bonds is 5. The van der Waals surface area contributed by atoms with Crippen molar-refractivity contribution in [2.75, 3.05) is 18.8 Å². The monoisotopic (exact) mass is 369 g/mol. The van der Waals surface area contributed by atoms with E-state index < -0.39 is 0 Å². The topological polar surface area (TPSA) is 62.3 Å². The number of nitrogens with one attached hydrogen (secondary N) is 1. The summed E-state index contributed by atoms with van der Waals surface area (Å²) in [6, 6.07) is 13.4. The van der Waals surface area contributed by atoms with Gasteiger partial charge in [-0.2, -0.15) is 0 Å². The number of aromatic nitrogens is 1. The van der Waals surface area contributed by atoms with Gasteiger partial charge in [-0.3, -0.25) is 14.6 Å². The molecule has 0 aliphatic carbocycles. The van der Waals surface area contributed by atoms with E-state index in [-0.39, 0.29) is 17.9 Å². The Bertz CT molecular complexity index is 724. The maximum absolute atomic E-state index is 12.7. The molecule has 0 spiro atoms. The number of hydrogen-bond donors (Lipinski definition) is 1. The molecule has 2 amide bonds. The molecule has 136 valence electrons. The van der Waals surface area contributed by atoms with E-state index in [2.05, 4.69) is 10.3 Å². The summed E-state index contributed by atoms with van der Waals surface area (Å²) in [4.78, 5) is 31.9. The third-order valence-electron chi connectivity index (χ3n) is 4.36. The van der Waals surface area contributed by atoms with E-state index in [9.17, 15) is 9.59 Å². The molecule has 2 heterocycles. The van der Waals surface area contributed by atoms with Crippen LogP contribution in [0.2, 0.25) is 0 Å². The maximum Gasteiger partial charge on any atom is 0.254 e. The van der Waals surface area contributed by atoms with Crippen LogP contribution in [-0.2, 0) is 4.79 Å². The molecule has 26 heavy (non-hydrogen) atoms. The molecule has 0 bridgehead atoms. The van der Waals surface area contributed by atoms with Crippen molar-refractivity contribution in [2.45, 2.75) is 30.2 Å². The minimum Gasteiger partial charge on any atom is -0.351 e. The highest BCUT2D eigenvalue weighted by Gasteiger charge is 2.24. The van der Waals surface area contributed by atoms with Gasteiger partial charge in [0.25, 0.3) is 5.91 Å². The third-order valence-corrected chi connectivity index (χ3v) is 5.38. The third kappa shape index (κ3) is 5.33. The molecule has 1 saturated heterocycles. The van der Waals surface area contributed by atoms with Crippen molar-refractivity contribution in [3.8, 4) is 0 Å². The zero-order chi connectivity index (χ0) is 18.2. The van der Waals surface area contributed by atoms with Crippen molar-refractivity contribution >= 4 is 23.6 Å². The average molecular weight is 369 g/mol. The van der Waals surface area contributed by atoms with E-state index in [0.717, 1.165) is 30.7 Å². The van der Waals surface area contributed by atoms with Crippen LogP contribution in [0, 0.1) is 0 Å². The number of nitrogens with zero attached hydrogens (tertiary/aromatic N) is 2. The van der Waals surface area contributed by atoms with Crippen LogP contribution in [0.4, 0.5) is 0 Å². The molecular formula is C20H23N3O2S. The summed E-state index contributed by atoms with van der Waals surface area (Å²) in [5.41, 5.74) is 0.645. The summed E-state index contributed by atoms with van der Waals surface area (Å²) in [7, 11) is 0. The fourth-order valence-electron chi connectivity index (χ4n) is 3.06. The first-order chi connectivity index (χ1) is 12.7. The SMILES string of the molecule is O=C(CSc1ccccc1)NC1CCCCN(C(=O)c2ccncc2)C1. The van der Waals surface area contributed by atoms with Crippen LogP contribution < -0.4 is 5.32 Å². The Hall–Kier alpha value is -2.34. The van der Waals surface area contributed by atoms with E-state index in [0.29, 0.717) is 17.9 Å². The van der Waals surface area contributed by atoms with Gasteiger partial charge >= 0.3 is 0 Å². The Morgan fingerprint density at radius 3 is 2.65 bits per heavy atom. The summed E-state index contributed by atoms with van der Waals surface area (Å²) in [6.07, 6.45) is 6.14. The minimum atomic E-state index is 0.00663. The summed E-state index contributed by atoms with van der Waals surface area (Å²) < 4.78 is 0. The van der Waals surface area contributed by atoms with Crippen molar-refractivity contribution in [3.63, 3.8) is 0 Å². The molecule has 1 aliphatic heterocycles. The van der Waals surface area contributed by atoms with Crippen LogP contribution >= 0.6 is 11.8 Å². The fraction of sp³-hybridized carbons (Fsp3) is 0.350. The van der Waals surface area contributed by atoms with Gasteiger partial charge in [0, 0.05) is 42.0 Å². The smallest absolute Gasteiger partial charge is 0.254 e. The van der Waals surface area contributed by atoms with E-state index in [1.165, 1.54) is 11.8 Å². The van der Waals surface area contributed by atoms with E-state index in [1.807, 2.05) is 35.2 Å². The molecular weight excluding hydrogens is 346 g/mol. The standard InChI is InChI=1S/C20H23N3O2S/c24-19(15-26-18-7-2-1-3-8-18)22-17-6-4-5-13-23(14-17)20(25)16-9-11-21-12-10-16/h1-3,7-12,17H,4-6,13-15H2,(H,22,24). The van der Waals surface area contributed by atoms with E-state index in [4.69, 9.17) is 0 Å². The van der Waals surface area contributed by atoms with Gasteiger partial charge in [-0.15, -0.1) is 11.8 Å². The highest BCUT2D eigenvalue weighted by atomic mass is 32.2. The van der Waals surface area contributed by atoms with Crippen LogP contribution in [0.25, 0.3) is 0 Å². The predicted molar refractivity (Wildman–Crippen MR) is 103 cm³/mol. The fourth-order valence-corrected chi connectivity index (χ4v) is 3.79. The second kappa shape index (κ2) is 9.38. The first-order valence-electron chi connectivity index (χ1n) is 8.89. The zero-order valence-electron chi connectivity index (χ0n) is 14.6. The number of carbonyl (C=O) groups is 2. The predicted octanol–water partition coefficient (Wildman–Crippen LogP) is 2.98. The molecule has 1 aliphatic rings. The Labute approximate surface area is 158 Å². The Balaban J connectivity index is 1.54. The highest BCUT2D eigenvalue weighted by Crippen LogP contribution is 2.17. The molecule has 1 fully saturated rings. The van der Waals surface area contributed by atoms with Crippen LogP contribution in [-0.4, -0.2) is 46.6 Å². The number of hydrogen-bond acceptors (Lipinski definition) is 4. The molecule has 6 heteroatoms. The van der Waals surface area contributed by atoms with Crippen LogP contribution in [0.1, 0.15) is 29.6 Å². The van der Waals surface area contributed by atoms with Gasteiger partial charge in [0.1, 0.15) is 0 Å². The number of thioether (sulfide) groups is 1. The van der Waals surface area contributed by atoms with Crippen molar-refractivity contribution in [2.24, 2.45) is 0 Å². The molecule has 2 aromatic rings. The largest absolute Gasteiger partial charge is 0.351 e. The highest BCUT2D eigenvalue weighted by molar-refractivity contribution is 8.00. The summed E-state index contributed by atoms with van der Waals surface area (Å²) in [6.45, 7) is 1.29. The second-order valence-electron chi connectivity index (χ2n) is 6.35. The molecule has 1 aromatic carbocycles. The van der Waals surface area contributed by atoms with E-state index in [1.54, 1.807) is 24.5 Å². The second-order valence-corrected chi connectivity index (χ2v) is 7.40. The van der Waals surface area contributed by atoms with Gasteiger partial charge in [-0.25, -0.2) is 0 Å². The van der Waals surface area contributed by atoms with Crippen molar-refractivity contribution in [1.82, 2.24) is 15.2 Å². The van der Waals surface area contributed by atoms with Crippen molar-refractivity contribution in [1.29, 1.82) is 0 Å². The number of amides is 2. The van der Waals surface area contributed by atoms with Gasteiger partial charge in [0.15, 0.2) is 0 Å². The van der Waals surface area contributed by atoms with Crippen LogP contribution in [0.15, 0.2) is 59.8 Å².